The Morgan fingerprint density at radius 1 is 1.43 bits per heavy atom. The zero-order valence-electron chi connectivity index (χ0n) is 8.03. The van der Waals surface area contributed by atoms with Gasteiger partial charge in [0.05, 0.1) is 6.54 Å². The van der Waals surface area contributed by atoms with Crippen molar-refractivity contribution in [2.45, 2.75) is 0 Å². The first-order valence-electron chi connectivity index (χ1n) is 4.50. The maximum absolute atomic E-state index is 11.3. The van der Waals surface area contributed by atoms with E-state index in [0.29, 0.717) is 5.56 Å². The summed E-state index contributed by atoms with van der Waals surface area (Å²) in [4.78, 5) is 11.3. The van der Waals surface area contributed by atoms with Crippen LogP contribution in [0.25, 0.3) is 10.9 Å². The Labute approximate surface area is 82.1 Å². The lowest BCUT2D eigenvalue weighted by atomic mass is 10.1. The molecular formula is C11H12N2O. The lowest BCUT2D eigenvalue weighted by molar-refractivity contribution is 0.100. The van der Waals surface area contributed by atoms with E-state index in [1.54, 1.807) is 0 Å². The standard InChI is InChI=1S/C11H12N2O/c1-13-5-4-8-6-9(11(14)7-12)2-3-10(8)13/h2-6H,7,12H2,1H3. The number of fused-ring (bicyclic) bond motifs is 1. The molecule has 1 aromatic carbocycles. The van der Waals surface area contributed by atoms with Crippen LogP contribution in [0.4, 0.5) is 0 Å². The molecule has 0 amide bonds. The van der Waals surface area contributed by atoms with Crippen LogP contribution in [-0.4, -0.2) is 16.9 Å². The zero-order chi connectivity index (χ0) is 10.1. The van der Waals surface area contributed by atoms with Crippen molar-refractivity contribution in [1.82, 2.24) is 4.57 Å². The highest BCUT2D eigenvalue weighted by molar-refractivity contribution is 6.00. The fraction of sp³-hybridized carbons (Fsp3) is 0.182. The lowest BCUT2D eigenvalue weighted by Crippen LogP contribution is -2.13. The first-order valence-corrected chi connectivity index (χ1v) is 4.50. The molecule has 2 rings (SSSR count). The van der Waals surface area contributed by atoms with Crippen molar-refractivity contribution in [3.63, 3.8) is 0 Å². The lowest BCUT2D eigenvalue weighted by Gasteiger charge is -1.99. The molecule has 0 fully saturated rings. The molecular weight excluding hydrogens is 176 g/mol. The Balaban J connectivity index is 2.57. The number of nitrogens with zero attached hydrogens (tertiary/aromatic N) is 1. The molecule has 0 spiro atoms. The highest BCUT2D eigenvalue weighted by Crippen LogP contribution is 2.16. The molecule has 0 aliphatic rings. The Bertz CT molecular complexity index is 485. The number of rotatable bonds is 2. The van der Waals surface area contributed by atoms with Gasteiger partial charge in [0.25, 0.3) is 0 Å². The van der Waals surface area contributed by atoms with E-state index in [1.807, 2.05) is 42.1 Å². The van der Waals surface area contributed by atoms with Crippen LogP contribution in [0.3, 0.4) is 0 Å². The zero-order valence-corrected chi connectivity index (χ0v) is 8.03. The molecule has 1 aromatic heterocycles. The molecule has 3 heteroatoms. The monoisotopic (exact) mass is 188 g/mol. The number of aryl methyl sites for hydroxylation is 1. The predicted molar refractivity (Wildman–Crippen MR) is 56.3 cm³/mol. The third-order valence-corrected chi connectivity index (χ3v) is 2.39. The minimum absolute atomic E-state index is 0.0178. The fourth-order valence-corrected chi connectivity index (χ4v) is 1.57. The summed E-state index contributed by atoms with van der Waals surface area (Å²) in [5, 5.41) is 1.08. The molecule has 72 valence electrons. The molecule has 0 atom stereocenters. The van der Waals surface area contributed by atoms with Crippen LogP contribution in [0.5, 0.6) is 0 Å². The SMILES string of the molecule is Cn1ccc2cc(C(=O)CN)ccc21. The van der Waals surface area contributed by atoms with Gasteiger partial charge in [-0.2, -0.15) is 0 Å². The molecule has 2 N–H and O–H groups in total. The average Bonchev–Trinajstić information content (AvgIpc) is 2.59. The number of ketones is 1. The summed E-state index contributed by atoms with van der Waals surface area (Å²) in [5.41, 5.74) is 7.11. The summed E-state index contributed by atoms with van der Waals surface area (Å²) < 4.78 is 2.02. The van der Waals surface area contributed by atoms with Crippen molar-refractivity contribution in [3.05, 3.63) is 36.0 Å². The first-order chi connectivity index (χ1) is 6.72. The molecule has 14 heavy (non-hydrogen) atoms. The van der Waals surface area contributed by atoms with Gasteiger partial charge in [-0.05, 0) is 24.3 Å². The van der Waals surface area contributed by atoms with E-state index in [9.17, 15) is 4.79 Å². The van der Waals surface area contributed by atoms with Crippen LogP contribution in [0.2, 0.25) is 0 Å². The molecule has 0 saturated heterocycles. The average molecular weight is 188 g/mol. The van der Waals surface area contributed by atoms with Gasteiger partial charge in [0.15, 0.2) is 5.78 Å². The minimum Gasteiger partial charge on any atom is -0.351 e. The summed E-state index contributed by atoms with van der Waals surface area (Å²) in [6.45, 7) is 0.0678. The third kappa shape index (κ3) is 1.32. The second kappa shape index (κ2) is 3.27. The van der Waals surface area contributed by atoms with Crippen LogP contribution in [0.15, 0.2) is 30.5 Å². The highest BCUT2D eigenvalue weighted by Gasteiger charge is 2.05. The van der Waals surface area contributed by atoms with Crippen molar-refractivity contribution < 1.29 is 4.79 Å². The van der Waals surface area contributed by atoms with E-state index < -0.39 is 0 Å². The van der Waals surface area contributed by atoms with Gasteiger partial charge in [0.1, 0.15) is 0 Å². The number of Topliss-reactive ketones (excluding diaryl/α,β-unsaturated/α-hetero) is 1. The van der Waals surface area contributed by atoms with Gasteiger partial charge in [0, 0.05) is 29.7 Å². The van der Waals surface area contributed by atoms with Crippen LogP contribution < -0.4 is 5.73 Å². The number of carbonyl (C=O) groups excluding carboxylic acids is 1. The Hall–Kier alpha value is -1.61. The summed E-state index contributed by atoms with van der Waals surface area (Å²) in [5.74, 6) is -0.0178. The molecule has 0 unspecified atom stereocenters. The minimum atomic E-state index is -0.0178. The number of hydrogen-bond donors (Lipinski definition) is 1. The van der Waals surface area contributed by atoms with Crippen molar-refractivity contribution in [2.75, 3.05) is 6.54 Å². The Kier molecular flexibility index (Phi) is 2.09. The maximum atomic E-state index is 11.3. The van der Waals surface area contributed by atoms with Crippen LogP contribution >= 0.6 is 0 Å². The Morgan fingerprint density at radius 2 is 2.21 bits per heavy atom. The van der Waals surface area contributed by atoms with E-state index in [4.69, 9.17) is 5.73 Å². The smallest absolute Gasteiger partial charge is 0.176 e. The summed E-state index contributed by atoms with van der Waals surface area (Å²) in [6, 6.07) is 7.63. The van der Waals surface area contributed by atoms with Crippen LogP contribution in [0, 0.1) is 0 Å². The van der Waals surface area contributed by atoms with E-state index in [1.165, 1.54) is 0 Å². The summed E-state index contributed by atoms with van der Waals surface area (Å²) in [6.07, 6.45) is 1.97. The number of carbonyl (C=O) groups is 1. The van der Waals surface area contributed by atoms with E-state index >= 15 is 0 Å². The van der Waals surface area contributed by atoms with Crippen molar-refractivity contribution in [3.8, 4) is 0 Å². The third-order valence-electron chi connectivity index (χ3n) is 2.39. The van der Waals surface area contributed by atoms with E-state index in [0.717, 1.165) is 10.9 Å². The van der Waals surface area contributed by atoms with Gasteiger partial charge < -0.3 is 10.3 Å². The topological polar surface area (TPSA) is 48.0 Å². The normalized spacial score (nSPS) is 10.7. The number of nitrogens with two attached hydrogens (primary N) is 1. The molecule has 0 saturated carbocycles. The maximum Gasteiger partial charge on any atom is 0.176 e. The second-order valence-corrected chi connectivity index (χ2v) is 3.33. The van der Waals surface area contributed by atoms with Crippen molar-refractivity contribution in [1.29, 1.82) is 0 Å². The molecule has 3 nitrogen and oxygen atoms in total. The fourth-order valence-electron chi connectivity index (χ4n) is 1.57. The van der Waals surface area contributed by atoms with Gasteiger partial charge in [-0.25, -0.2) is 0 Å². The van der Waals surface area contributed by atoms with Gasteiger partial charge in [-0.3, -0.25) is 4.79 Å². The Morgan fingerprint density at radius 3 is 2.93 bits per heavy atom. The molecule has 0 bridgehead atoms. The second-order valence-electron chi connectivity index (χ2n) is 3.33. The van der Waals surface area contributed by atoms with Crippen LogP contribution in [-0.2, 0) is 7.05 Å². The van der Waals surface area contributed by atoms with Crippen molar-refractivity contribution >= 4 is 16.7 Å². The number of benzene rings is 1. The number of aromatic nitrogens is 1. The quantitative estimate of drug-likeness (QED) is 0.722. The first kappa shape index (κ1) is 8.97. The van der Waals surface area contributed by atoms with E-state index in [2.05, 4.69) is 0 Å². The molecule has 0 aliphatic carbocycles. The number of hydrogen-bond acceptors (Lipinski definition) is 2. The summed E-state index contributed by atoms with van der Waals surface area (Å²) >= 11 is 0. The summed E-state index contributed by atoms with van der Waals surface area (Å²) in [7, 11) is 1.98. The van der Waals surface area contributed by atoms with Gasteiger partial charge >= 0.3 is 0 Å². The highest BCUT2D eigenvalue weighted by atomic mass is 16.1. The largest absolute Gasteiger partial charge is 0.351 e. The van der Waals surface area contributed by atoms with Crippen molar-refractivity contribution in [2.24, 2.45) is 12.8 Å². The van der Waals surface area contributed by atoms with Crippen LogP contribution in [0.1, 0.15) is 10.4 Å². The predicted octanol–water partition coefficient (Wildman–Crippen LogP) is 1.32. The molecule has 1 heterocycles. The van der Waals surface area contributed by atoms with Gasteiger partial charge in [-0.15, -0.1) is 0 Å². The molecule has 2 aromatic rings. The van der Waals surface area contributed by atoms with Gasteiger partial charge in [-0.1, -0.05) is 0 Å². The molecule has 0 aliphatic heterocycles. The van der Waals surface area contributed by atoms with Gasteiger partial charge in [0.2, 0.25) is 0 Å². The van der Waals surface area contributed by atoms with E-state index in [-0.39, 0.29) is 12.3 Å². The molecule has 0 radical (unpaired) electrons.